The fourth-order valence-electron chi connectivity index (χ4n) is 2.70. The number of hydrogen-bond donors (Lipinski definition) is 1. The van der Waals surface area contributed by atoms with Gasteiger partial charge in [0.15, 0.2) is 0 Å². The summed E-state index contributed by atoms with van der Waals surface area (Å²) >= 11 is 0. The normalized spacial score (nSPS) is 12.3. The van der Waals surface area contributed by atoms with E-state index in [4.69, 9.17) is 4.74 Å². The molecule has 0 fully saturated rings. The van der Waals surface area contributed by atoms with Gasteiger partial charge in [-0.25, -0.2) is 0 Å². The maximum Gasteiger partial charge on any atom is 0.119 e. The molecule has 0 aliphatic carbocycles. The summed E-state index contributed by atoms with van der Waals surface area (Å²) in [5.74, 6) is 0.867. The van der Waals surface area contributed by atoms with Gasteiger partial charge < -0.3 is 10.1 Å². The zero-order valence-electron chi connectivity index (χ0n) is 12.2. The molecular weight excluding hydrogens is 260 g/mol. The van der Waals surface area contributed by atoms with E-state index in [0.717, 1.165) is 11.3 Å². The minimum atomic E-state index is 0.105. The van der Waals surface area contributed by atoms with Gasteiger partial charge in [-0.05, 0) is 42.4 Å². The highest BCUT2D eigenvalue weighted by molar-refractivity contribution is 5.83. The van der Waals surface area contributed by atoms with Crippen molar-refractivity contribution < 1.29 is 4.74 Å². The van der Waals surface area contributed by atoms with E-state index in [-0.39, 0.29) is 6.04 Å². The predicted octanol–water partition coefficient (Wildman–Crippen LogP) is 3.55. The van der Waals surface area contributed by atoms with Gasteiger partial charge in [0.1, 0.15) is 5.75 Å². The van der Waals surface area contributed by atoms with Crippen LogP contribution in [-0.2, 0) is 0 Å². The Hall–Kier alpha value is -2.39. The summed E-state index contributed by atoms with van der Waals surface area (Å²) < 4.78 is 5.33. The van der Waals surface area contributed by atoms with Crippen molar-refractivity contribution in [2.45, 2.75) is 6.04 Å². The van der Waals surface area contributed by atoms with Gasteiger partial charge in [0.25, 0.3) is 0 Å². The van der Waals surface area contributed by atoms with Crippen LogP contribution in [0.3, 0.4) is 0 Å². The Bertz CT molecular complexity index is 750. The summed E-state index contributed by atoms with van der Waals surface area (Å²) in [4.78, 5) is 4.43. The van der Waals surface area contributed by atoms with Crippen molar-refractivity contribution in [2.24, 2.45) is 0 Å². The molecule has 1 unspecified atom stereocenters. The van der Waals surface area contributed by atoms with Gasteiger partial charge in [0.2, 0.25) is 0 Å². The number of nitrogens with zero attached hydrogens (tertiary/aromatic N) is 1. The number of rotatable bonds is 4. The van der Waals surface area contributed by atoms with Crippen LogP contribution in [-0.4, -0.2) is 19.1 Å². The lowest BCUT2D eigenvalue weighted by molar-refractivity contribution is 0.414. The molecule has 3 nitrogen and oxygen atoms in total. The summed E-state index contributed by atoms with van der Waals surface area (Å²) in [6.07, 6.45) is 1.83. The third-order valence-corrected chi connectivity index (χ3v) is 3.71. The van der Waals surface area contributed by atoms with E-state index in [9.17, 15) is 0 Å². The van der Waals surface area contributed by atoms with Crippen LogP contribution < -0.4 is 10.1 Å². The average Bonchev–Trinajstić information content (AvgIpc) is 2.56. The van der Waals surface area contributed by atoms with Crippen LogP contribution in [0.4, 0.5) is 0 Å². The van der Waals surface area contributed by atoms with Crippen molar-refractivity contribution in [3.05, 3.63) is 71.9 Å². The van der Waals surface area contributed by atoms with Crippen molar-refractivity contribution >= 4 is 10.9 Å². The molecule has 0 saturated carbocycles. The Labute approximate surface area is 124 Å². The van der Waals surface area contributed by atoms with E-state index in [0.29, 0.717) is 0 Å². The fourth-order valence-corrected chi connectivity index (χ4v) is 2.70. The van der Waals surface area contributed by atoms with E-state index in [1.807, 2.05) is 37.5 Å². The molecule has 0 bridgehead atoms. The van der Waals surface area contributed by atoms with E-state index >= 15 is 0 Å². The molecule has 1 atom stereocenters. The highest BCUT2D eigenvalue weighted by Gasteiger charge is 2.15. The topological polar surface area (TPSA) is 34.1 Å². The summed E-state index contributed by atoms with van der Waals surface area (Å²) in [5.41, 5.74) is 3.41. The Morgan fingerprint density at radius 1 is 1.05 bits per heavy atom. The maximum absolute atomic E-state index is 5.33. The summed E-state index contributed by atoms with van der Waals surface area (Å²) in [7, 11) is 3.66. The van der Waals surface area contributed by atoms with Crippen molar-refractivity contribution in [3.8, 4) is 5.75 Å². The Kier molecular flexibility index (Phi) is 3.84. The smallest absolute Gasteiger partial charge is 0.119 e. The zero-order chi connectivity index (χ0) is 14.7. The quantitative estimate of drug-likeness (QED) is 0.792. The first-order chi connectivity index (χ1) is 10.3. The minimum absolute atomic E-state index is 0.105. The molecule has 106 valence electrons. The second-order valence-electron chi connectivity index (χ2n) is 4.92. The van der Waals surface area contributed by atoms with Gasteiger partial charge in [-0.3, -0.25) is 4.98 Å². The second kappa shape index (κ2) is 5.94. The molecule has 1 N–H and O–H groups in total. The SMILES string of the molecule is CNC(c1cccc(OC)c1)c1cccc2ncccc12. The van der Waals surface area contributed by atoms with Crippen LogP contribution in [0.25, 0.3) is 10.9 Å². The first-order valence-electron chi connectivity index (χ1n) is 6.98. The lowest BCUT2D eigenvalue weighted by Crippen LogP contribution is -2.18. The Balaban J connectivity index is 2.13. The van der Waals surface area contributed by atoms with Crippen LogP contribution >= 0.6 is 0 Å². The largest absolute Gasteiger partial charge is 0.497 e. The monoisotopic (exact) mass is 278 g/mol. The van der Waals surface area contributed by atoms with Gasteiger partial charge in [0.05, 0.1) is 18.7 Å². The first kappa shape index (κ1) is 13.6. The first-order valence-corrected chi connectivity index (χ1v) is 6.98. The van der Waals surface area contributed by atoms with Gasteiger partial charge in [0, 0.05) is 11.6 Å². The van der Waals surface area contributed by atoms with Gasteiger partial charge in [-0.15, -0.1) is 0 Å². The van der Waals surface area contributed by atoms with Crippen LogP contribution in [0, 0.1) is 0 Å². The van der Waals surface area contributed by atoms with E-state index in [1.54, 1.807) is 7.11 Å². The van der Waals surface area contributed by atoms with E-state index in [2.05, 4.69) is 40.6 Å². The molecule has 0 saturated heterocycles. The highest BCUT2D eigenvalue weighted by atomic mass is 16.5. The molecule has 2 aromatic carbocycles. The molecule has 1 aromatic heterocycles. The summed E-state index contributed by atoms with van der Waals surface area (Å²) in [6, 6.07) is 18.6. The number of ether oxygens (including phenoxy) is 1. The number of fused-ring (bicyclic) bond motifs is 1. The molecule has 0 spiro atoms. The minimum Gasteiger partial charge on any atom is -0.497 e. The van der Waals surface area contributed by atoms with Crippen molar-refractivity contribution in [1.29, 1.82) is 0 Å². The zero-order valence-corrected chi connectivity index (χ0v) is 12.2. The molecule has 21 heavy (non-hydrogen) atoms. The molecule has 0 aliphatic heterocycles. The number of benzene rings is 2. The van der Waals surface area contributed by atoms with Crippen LogP contribution in [0.1, 0.15) is 17.2 Å². The van der Waals surface area contributed by atoms with Crippen LogP contribution in [0.15, 0.2) is 60.8 Å². The Morgan fingerprint density at radius 2 is 1.90 bits per heavy atom. The van der Waals surface area contributed by atoms with E-state index in [1.165, 1.54) is 16.5 Å². The summed E-state index contributed by atoms with van der Waals surface area (Å²) in [6.45, 7) is 0. The van der Waals surface area contributed by atoms with Crippen molar-refractivity contribution in [3.63, 3.8) is 0 Å². The van der Waals surface area contributed by atoms with Crippen LogP contribution in [0.2, 0.25) is 0 Å². The molecule has 1 heterocycles. The molecule has 0 radical (unpaired) electrons. The third-order valence-electron chi connectivity index (χ3n) is 3.71. The molecule has 3 heteroatoms. The van der Waals surface area contributed by atoms with E-state index < -0.39 is 0 Å². The Morgan fingerprint density at radius 3 is 2.71 bits per heavy atom. The third kappa shape index (κ3) is 2.60. The molecule has 0 amide bonds. The molecule has 3 aromatic rings. The lowest BCUT2D eigenvalue weighted by Gasteiger charge is -2.19. The van der Waals surface area contributed by atoms with Gasteiger partial charge in [-0.2, -0.15) is 0 Å². The average molecular weight is 278 g/mol. The van der Waals surface area contributed by atoms with Gasteiger partial charge in [-0.1, -0.05) is 30.3 Å². The van der Waals surface area contributed by atoms with Crippen LogP contribution in [0.5, 0.6) is 5.75 Å². The maximum atomic E-state index is 5.33. The number of methoxy groups -OCH3 is 1. The molecule has 3 rings (SSSR count). The molecular formula is C18H18N2O. The number of nitrogens with one attached hydrogen (secondary N) is 1. The molecule has 0 aliphatic rings. The standard InChI is InChI=1S/C18H18N2O/c1-19-18(13-6-3-7-14(12-13)21-2)16-8-4-10-17-15(16)9-5-11-20-17/h3-12,18-19H,1-2H3. The van der Waals surface area contributed by atoms with Gasteiger partial charge >= 0.3 is 0 Å². The number of pyridine rings is 1. The summed E-state index contributed by atoms with van der Waals surface area (Å²) in [5, 5.41) is 4.56. The fraction of sp³-hybridized carbons (Fsp3) is 0.167. The predicted molar refractivity (Wildman–Crippen MR) is 85.6 cm³/mol. The highest BCUT2D eigenvalue weighted by Crippen LogP contribution is 2.29. The number of hydrogen-bond acceptors (Lipinski definition) is 3. The van der Waals surface area contributed by atoms with Crippen molar-refractivity contribution in [1.82, 2.24) is 10.3 Å². The lowest BCUT2D eigenvalue weighted by atomic mass is 9.95. The number of aromatic nitrogens is 1. The van der Waals surface area contributed by atoms with Crippen molar-refractivity contribution in [2.75, 3.05) is 14.2 Å². The second-order valence-corrected chi connectivity index (χ2v) is 4.92.